The molecule has 0 heterocycles. The van der Waals surface area contributed by atoms with Gasteiger partial charge in [-0.25, -0.2) is 0 Å². The van der Waals surface area contributed by atoms with Crippen molar-refractivity contribution in [1.29, 1.82) is 0 Å². The smallest absolute Gasteiger partial charge is 0.306 e. The summed E-state index contributed by atoms with van der Waals surface area (Å²) in [4.78, 5) is 23.3. The zero-order valence-electron chi connectivity index (χ0n) is 13.3. The first-order chi connectivity index (χ1) is 10.5. The standard InChI is InChI=1S/C18H25NO3/c1-12(2)16(13-6-4-3-5-7-13)11-17(20)19-15-9-8-14(10-15)18(21)22/h3-7,12,14-16H,8-11H2,1-2H3,(H,19,20)(H,21,22)/t14-,15+,16?/m0/s1. The van der Waals surface area contributed by atoms with E-state index in [1.54, 1.807) is 0 Å². The predicted octanol–water partition coefficient (Wildman–Crippen LogP) is 3.19. The van der Waals surface area contributed by atoms with Crippen molar-refractivity contribution >= 4 is 11.9 Å². The van der Waals surface area contributed by atoms with Gasteiger partial charge in [-0.15, -0.1) is 0 Å². The third-order valence-corrected chi connectivity index (χ3v) is 4.58. The second kappa shape index (κ2) is 7.43. The van der Waals surface area contributed by atoms with Crippen LogP contribution in [0.3, 0.4) is 0 Å². The minimum absolute atomic E-state index is 0.0113. The molecule has 22 heavy (non-hydrogen) atoms. The van der Waals surface area contributed by atoms with E-state index in [0.717, 1.165) is 6.42 Å². The molecule has 0 saturated heterocycles. The molecule has 1 aromatic rings. The number of aliphatic carboxylic acids is 1. The maximum atomic E-state index is 12.3. The van der Waals surface area contributed by atoms with Crippen LogP contribution in [0.15, 0.2) is 30.3 Å². The lowest BCUT2D eigenvalue weighted by Crippen LogP contribution is -2.34. The van der Waals surface area contributed by atoms with Gasteiger partial charge in [-0.05, 0) is 36.7 Å². The molecule has 0 spiro atoms. The van der Waals surface area contributed by atoms with E-state index in [2.05, 4.69) is 31.3 Å². The molecule has 1 fully saturated rings. The minimum Gasteiger partial charge on any atom is -0.481 e. The molecule has 2 rings (SSSR count). The Morgan fingerprint density at radius 2 is 1.91 bits per heavy atom. The van der Waals surface area contributed by atoms with Gasteiger partial charge in [0, 0.05) is 12.5 Å². The number of rotatable bonds is 6. The van der Waals surface area contributed by atoms with Crippen LogP contribution in [0.1, 0.15) is 51.0 Å². The molecule has 2 N–H and O–H groups in total. The van der Waals surface area contributed by atoms with E-state index >= 15 is 0 Å². The summed E-state index contributed by atoms with van der Waals surface area (Å²) >= 11 is 0. The van der Waals surface area contributed by atoms with Crippen LogP contribution in [0.5, 0.6) is 0 Å². The van der Waals surface area contributed by atoms with Crippen molar-refractivity contribution in [2.45, 2.75) is 51.5 Å². The maximum Gasteiger partial charge on any atom is 0.306 e. The fraction of sp³-hybridized carbons (Fsp3) is 0.556. The highest BCUT2D eigenvalue weighted by Gasteiger charge is 2.31. The van der Waals surface area contributed by atoms with Crippen molar-refractivity contribution in [3.05, 3.63) is 35.9 Å². The second-order valence-corrected chi connectivity index (χ2v) is 6.58. The molecule has 4 nitrogen and oxygen atoms in total. The number of hydrogen-bond donors (Lipinski definition) is 2. The number of carboxylic acid groups (broad SMARTS) is 1. The Balaban J connectivity index is 1.91. The van der Waals surface area contributed by atoms with Crippen molar-refractivity contribution < 1.29 is 14.7 Å². The molecule has 0 bridgehead atoms. The molecule has 1 aliphatic rings. The molecule has 120 valence electrons. The lowest BCUT2D eigenvalue weighted by molar-refractivity contribution is -0.141. The van der Waals surface area contributed by atoms with Gasteiger partial charge in [0.05, 0.1) is 5.92 Å². The maximum absolute atomic E-state index is 12.3. The van der Waals surface area contributed by atoms with Crippen molar-refractivity contribution in [1.82, 2.24) is 5.32 Å². The fourth-order valence-corrected chi connectivity index (χ4v) is 3.26. The number of nitrogens with one attached hydrogen (secondary N) is 1. The third kappa shape index (κ3) is 4.33. The zero-order valence-corrected chi connectivity index (χ0v) is 13.3. The van der Waals surface area contributed by atoms with Crippen LogP contribution in [0.25, 0.3) is 0 Å². The monoisotopic (exact) mass is 303 g/mol. The Kier molecular flexibility index (Phi) is 5.58. The average molecular weight is 303 g/mol. The van der Waals surface area contributed by atoms with Crippen LogP contribution in [-0.2, 0) is 9.59 Å². The van der Waals surface area contributed by atoms with Gasteiger partial charge in [-0.2, -0.15) is 0 Å². The Bertz CT molecular complexity index is 512. The van der Waals surface area contributed by atoms with Gasteiger partial charge in [0.1, 0.15) is 0 Å². The quantitative estimate of drug-likeness (QED) is 0.848. The summed E-state index contributed by atoms with van der Waals surface area (Å²) < 4.78 is 0. The lowest BCUT2D eigenvalue weighted by Gasteiger charge is -2.22. The summed E-state index contributed by atoms with van der Waals surface area (Å²) in [6, 6.07) is 10.1. The normalized spacial score (nSPS) is 22.5. The van der Waals surface area contributed by atoms with Crippen molar-refractivity contribution in [2.24, 2.45) is 11.8 Å². The average Bonchev–Trinajstić information content (AvgIpc) is 2.94. The molecule has 0 aliphatic heterocycles. The predicted molar refractivity (Wildman–Crippen MR) is 85.5 cm³/mol. The first-order valence-corrected chi connectivity index (χ1v) is 8.04. The van der Waals surface area contributed by atoms with Crippen LogP contribution in [0.4, 0.5) is 0 Å². The Hall–Kier alpha value is -1.84. The molecular weight excluding hydrogens is 278 g/mol. The van der Waals surface area contributed by atoms with Crippen LogP contribution >= 0.6 is 0 Å². The topological polar surface area (TPSA) is 66.4 Å². The van der Waals surface area contributed by atoms with E-state index in [1.165, 1.54) is 5.56 Å². The van der Waals surface area contributed by atoms with Crippen LogP contribution < -0.4 is 5.32 Å². The van der Waals surface area contributed by atoms with Gasteiger partial charge < -0.3 is 10.4 Å². The highest BCUT2D eigenvalue weighted by Crippen LogP contribution is 2.29. The molecule has 0 aromatic heterocycles. The van der Waals surface area contributed by atoms with Gasteiger partial charge in [0.15, 0.2) is 0 Å². The Morgan fingerprint density at radius 3 is 2.45 bits per heavy atom. The number of carbonyl (C=O) groups is 2. The SMILES string of the molecule is CC(C)C(CC(=O)N[C@@H]1CC[C@H](C(=O)O)C1)c1ccccc1. The Labute approximate surface area is 131 Å². The van der Waals surface area contributed by atoms with Crippen LogP contribution in [0.2, 0.25) is 0 Å². The molecule has 3 atom stereocenters. The van der Waals surface area contributed by atoms with Gasteiger partial charge in [-0.3, -0.25) is 9.59 Å². The highest BCUT2D eigenvalue weighted by atomic mass is 16.4. The molecule has 1 aromatic carbocycles. The van der Waals surface area contributed by atoms with Crippen LogP contribution in [0, 0.1) is 11.8 Å². The molecule has 0 radical (unpaired) electrons. The van der Waals surface area contributed by atoms with E-state index < -0.39 is 5.97 Å². The van der Waals surface area contributed by atoms with Crippen LogP contribution in [-0.4, -0.2) is 23.0 Å². The molecule has 1 aliphatic carbocycles. The third-order valence-electron chi connectivity index (χ3n) is 4.58. The number of carboxylic acids is 1. The van der Waals surface area contributed by atoms with Crippen molar-refractivity contribution in [2.75, 3.05) is 0 Å². The molecule has 1 amide bonds. The number of amides is 1. The number of carbonyl (C=O) groups excluding carboxylic acids is 1. The summed E-state index contributed by atoms with van der Waals surface area (Å²) in [5.41, 5.74) is 1.18. The molecule has 1 unspecified atom stereocenters. The highest BCUT2D eigenvalue weighted by molar-refractivity contribution is 5.77. The van der Waals surface area contributed by atoms with E-state index in [1.807, 2.05) is 18.2 Å². The minimum atomic E-state index is -0.749. The largest absolute Gasteiger partial charge is 0.481 e. The summed E-state index contributed by atoms with van der Waals surface area (Å²) in [6.45, 7) is 4.25. The first kappa shape index (κ1) is 16.5. The zero-order chi connectivity index (χ0) is 16.1. The van der Waals surface area contributed by atoms with Gasteiger partial charge in [0.2, 0.25) is 5.91 Å². The lowest BCUT2D eigenvalue weighted by atomic mass is 9.85. The fourth-order valence-electron chi connectivity index (χ4n) is 3.26. The van der Waals surface area contributed by atoms with Gasteiger partial charge >= 0.3 is 5.97 Å². The van der Waals surface area contributed by atoms with Gasteiger partial charge in [-0.1, -0.05) is 44.2 Å². The van der Waals surface area contributed by atoms with Crippen molar-refractivity contribution in [3.63, 3.8) is 0 Å². The van der Waals surface area contributed by atoms with E-state index in [4.69, 9.17) is 5.11 Å². The molecule has 4 heteroatoms. The van der Waals surface area contributed by atoms with Crippen molar-refractivity contribution in [3.8, 4) is 0 Å². The van der Waals surface area contributed by atoms with E-state index in [9.17, 15) is 9.59 Å². The van der Waals surface area contributed by atoms with Gasteiger partial charge in [0.25, 0.3) is 0 Å². The number of hydrogen-bond acceptors (Lipinski definition) is 2. The second-order valence-electron chi connectivity index (χ2n) is 6.58. The molecule has 1 saturated carbocycles. The van der Waals surface area contributed by atoms with E-state index in [-0.39, 0.29) is 23.8 Å². The summed E-state index contributed by atoms with van der Waals surface area (Å²) in [5, 5.41) is 12.0. The Morgan fingerprint density at radius 1 is 1.23 bits per heavy atom. The summed E-state index contributed by atoms with van der Waals surface area (Å²) in [7, 11) is 0. The molecular formula is C18H25NO3. The summed E-state index contributed by atoms with van der Waals surface area (Å²) in [5.74, 6) is -0.457. The van der Waals surface area contributed by atoms with E-state index in [0.29, 0.717) is 25.2 Å². The number of benzene rings is 1. The first-order valence-electron chi connectivity index (χ1n) is 8.04. The summed E-state index contributed by atoms with van der Waals surface area (Å²) in [6.07, 6.45) is 2.43.